The number of carbonyl (C=O) groups is 1. The van der Waals surface area contributed by atoms with Crippen LogP contribution in [0.15, 0.2) is 12.2 Å². The van der Waals surface area contributed by atoms with E-state index in [1.807, 2.05) is 0 Å². The molecule has 0 rings (SSSR count). The number of aliphatic carboxylic acids is 1. The van der Waals surface area contributed by atoms with E-state index < -0.39 is 5.97 Å². The van der Waals surface area contributed by atoms with Crippen LogP contribution in [0.2, 0.25) is 0 Å². The molecule has 0 aromatic heterocycles. The van der Waals surface area contributed by atoms with Crippen LogP contribution in [-0.4, -0.2) is 22.3 Å². The summed E-state index contributed by atoms with van der Waals surface area (Å²) in [6.07, 6.45) is 9.82. The molecule has 0 amide bonds. The van der Waals surface area contributed by atoms with E-state index in [1.54, 1.807) is 6.92 Å². The third kappa shape index (κ3) is 13.2. The molecule has 0 aromatic carbocycles. The Labute approximate surface area is 91.8 Å². The Balaban J connectivity index is 3.14. The van der Waals surface area contributed by atoms with Crippen LogP contribution in [0.25, 0.3) is 0 Å². The number of carboxylic acids is 1. The highest BCUT2D eigenvalue weighted by Gasteiger charge is 1.94. The van der Waals surface area contributed by atoms with Crippen molar-refractivity contribution in [1.29, 1.82) is 0 Å². The predicted octanol–water partition coefficient (Wildman–Crippen LogP) is 2.74. The van der Waals surface area contributed by atoms with Crippen molar-refractivity contribution in [3.8, 4) is 0 Å². The molecule has 2 N–H and O–H groups in total. The highest BCUT2D eigenvalue weighted by molar-refractivity contribution is 5.66. The molecule has 88 valence electrons. The molecule has 1 unspecified atom stereocenters. The first-order valence-corrected chi connectivity index (χ1v) is 5.67. The molecule has 0 aromatic rings. The molecule has 0 saturated carbocycles. The molecule has 15 heavy (non-hydrogen) atoms. The zero-order valence-electron chi connectivity index (χ0n) is 9.48. The molecule has 0 spiro atoms. The molecule has 0 fully saturated rings. The first-order chi connectivity index (χ1) is 7.13. The number of aliphatic hydroxyl groups is 1. The van der Waals surface area contributed by atoms with E-state index in [-0.39, 0.29) is 12.5 Å². The Morgan fingerprint density at radius 3 is 2.33 bits per heavy atom. The van der Waals surface area contributed by atoms with Crippen molar-refractivity contribution in [2.45, 2.75) is 58.0 Å². The van der Waals surface area contributed by atoms with Crippen molar-refractivity contribution in [3.05, 3.63) is 12.2 Å². The van der Waals surface area contributed by atoms with Gasteiger partial charge in [-0.15, -0.1) is 0 Å². The van der Waals surface area contributed by atoms with Crippen molar-refractivity contribution in [3.63, 3.8) is 0 Å². The van der Waals surface area contributed by atoms with Crippen LogP contribution >= 0.6 is 0 Å². The number of aliphatic hydroxyl groups excluding tert-OH is 1. The minimum atomic E-state index is -0.712. The van der Waals surface area contributed by atoms with E-state index in [0.29, 0.717) is 0 Å². The number of allylic oxidation sites excluding steroid dienone is 2. The van der Waals surface area contributed by atoms with E-state index in [0.717, 1.165) is 38.5 Å². The van der Waals surface area contributed by atoms with Crippen molar-refractivity contribution in [2.24, 2.45) is 0 Å². The summed E-state index contributed by atoms with van der Waals surface area (Å²) in [6.45, 7) is 1.80. The Morgan fingerprint density at radius 2 is 1.80 bits per heavy atom. The average molecular weight is 214 g/mol. The minimum absolute atomic E-state index is 0.200. The molecular formula is C12H22O3. The second-order valence-electron chi connectivity index (χ2n) is 3.89. The highest BCUT2D eigenvalue weighted by atomic mass is 16.4. The Morgan fingerprint density at radius 1 is 1.20 bits per heavy atom. The summed E-state index contributed by atoms with van der Waals surface area (Å²) in [4.78, 5) is 10.2. The van der Waals surface area contributed by atoms with Crippen molar-refractivity contribution in [2.75, 3.05) is 0 Å². The van der Waals surface area contributed by atoms with E-state index in [2.05, 4.69) is 12.2 Å². The smallest absolute Gasteiger partial charge is 0.303 e. The first kappa shape index (κ1) is 14.2. The predicted molar refractivity (Wildman–Crippen MR) is 60.8 cm³/mol. The van der Waals surface area contributed by atoms with Crippen molar-refractivity contribution < 1.29 is 15.0 Å². The standard InChI is InChI=1S/C12H22O3/c1-11(13)9-7-5-3-2-4-6-8-10-12(14)15/h2-3,11,13H,4-10H2,1H3,(H,14,15)/b3-2-. The third-order valence-corrected chi connectivity index (χ3v) is 2.17. The van der Waals surface area contributed by atoms with E-state index in [9.17, 15) is 4.79 Å². The third-order valence-electron chi connectivity index (χ3n) is 2.17. The summed E-state index contributed by atoms with van der Waals surface area (Å²) in [6, 6.07) is 0. The lowest BCUT2D eigenvalue weighted by atomic mass is 10.1. The molecule has 1 atom stereocenters. The number of hydrogen-bond acceptors (Lipinski definition) is 2. The van der Waals surface area contributed by atoms with Gasteiger partial charge in [0.2, 0.25) is 0 Å². The lowest BCUT2D eigenvalue weighted by Crippen LogP contribution is -1.97. The number of rotatable bonds is 9. The number of carboxylic acid groups (broad SMARTS) is 1. The zero-order valence-corrected chi connectivity index (χ0v) is 9.48. The monoisotopic (exact) mass is 214 g/mol. The summed E-state index contributed by atoms with van der Waals surface area (Å²) < 4.78 is 0. The molecule has 0 radical (unpaired) electrons. The molecule has 0 bridgehead atoms. The molecule has 0 aliphatic rings. The van der Waals surface area contributed by atoms with Gasteiger partial charge in [-0.3, -0.25) is 4.79 Å². The number of hydrogen-bond donors (Lipinski definition) is 2. The Hall–Kier alpha value is -0.830. The molecule has 3 nitrogen and oxygen atoms in total. The lowest BCUT2D eigenvalue weighted by Gasteiger charge is -2.00. The molecule has 0 aliphatic carbocycles. The maximum Gasteiger partial charge on any atom is 0.303 e. The van der Waals surface area contributed by atoms with Crippen LogP contribution in [0.5, 0.6) is 0 Å². The second kappa shape index (κ2) is 9.71. The van der Waals surface area contributed by atoms with Gasteiger partial charge in [0, 0.05) is 6.42 Å². The fourth-order valence-corrected chi connectivity index (χ4v) is 1.31. The van der Waals surface area contributed by atoms with Gasteiger partial charge in [-0.05, 0) is 45.4 Å². The maximum atomic E-state index is 10.2. The zero-order chi connectivity index (χ0) is 11.5. The number of unbranched alkanes of at least 4 members (excludes halogenated alkanes) is 3. The van der Waals surface area contributed by atoms with Crippen LogP contribution < -0.4 is 0 Å². The normalized spacial score (nSPS) is 13.2. The molecule has 3 heteroatoms. The van der Waals surface area contributed by atoms with Gasteiger partial charge in [-0.2, -0.15) is 0 Å². The van der Waals surface area contributed by atoms with Crippen LogP contribution in [0.4, 0.5) is 0 Å². The minimum Gasteiger partial charge on any atom is -0.481 e. The van der Waals surface area contributed by atoms with Gasteiger partial charge in [0.15, 0.2) is 0 Å². The molecule has 0 saturated heterocycles. The summed E-state index contributed by atoms with van der Waals surface area (Å²) >= 11 is 0. The quantitative estimate of drug-likeness (QED) is 0.458. The van der Waals surface area contributed by atoms with Crippen molar-refractivity contribution >= 4 is 5.97 Å². The van der Waals surface area contributed by atoms with Gasteiger partial charge in [-0.1, -0.05) is 12.2 Å². The summed E-state index contributed by atoms with van der Waals surface area (Å²) in [5, 5.41) is 17.4. The van der Waals surface area contributed by atoms with Gasteiger partial charge in [-0.25, -0.2) is 0 Å². The van der Waals surface area contributed by atoms with Gasteiger partial charge >= 0.3 is 5.97 Å². The topological polar surface area (TPSA) is 57.5 Å². The molecule has 0 aliphatic heterocycles. The molecular weight excluding hydrogens is 192 g/mol. The van der Waals surface area contributed by atoms with E-state index in [1.165, 1.54) is 0 Å². The lowest BCUT2D eigenvalue weighted by molar-refractivity contribution is -0.137. The highest BCUT2D eigenvalue weighted by Crippen LogP contribution is 2.04. The van der Waals surface area contributed by atoms with Crippen molar-refractivity contribution in [1.82, 2.24) is 0 Å². The fraction of sp³-hybridized carbons (Fsp3) is 0.750. The summed E-state index contributed by atoms with van der Waals surface area (Å²) in [5.41, 5.74) is 0. The maximum absolute atomic E-state index is 10.2. The first-order valence-electron chi connectivity index (χ1n) is 5.67. The van der Waals surface area contributed by atoms with Crippen LogP contribution in [0.3, 0.4) is 0 Å². The SMILES string of the molecule is CC(O)CCC/C=C\CCCCC(=O)O. The summed E-state index contributed by atoms with van der Waals surface area (Å²) in [7, 11) is 0. The van der Waals surface area contributed by atoms with Crippen LogP contribution in [0, 0.1) is 0 Å². The van der Waals surface area contributed by atoms with E-state index >= 15 is 0 Å². The Bertz CT molecular complexity index is 185. The van der Waals surface area contributed by atoms with Crippen LogP contribution in [-0.2, 0) is 4.79 Å². The van der Waals surface area contributed by atoms with Crippen LogP contribution in [0.1, 0.15) is 51.9 Å². The van der Waals surface area contributed by atoms with Gasteiger partial charge in [0.05, 0.1) is 6.10 Å². The van der Waals surface area contributed by atoms with Gasteiger partial charge in [0.25, 0.3) is 0 Å². The fourth-order valence-electron chi connectivity index (χ4n) is 1.31. The second-order valence-corrected chi connectivity index (χ2v) is 3.89. The van der Waals surface area contributed by atoms with Gasteiger partial charge < -0.3 is 10.2 Å². The van der Waals surface area contributed by atoms with Gasteiger partial charge in [0.1, 0.15) is 0 Å². The largest absolute Gasteiger partial charge is 0.481 e. The molecule has 0 heterocycles. The average Bonchev–Trinajstić information content (AvgIpc) is 2.14. The van der Waals surface area contributed by atoms with E-state index in [4.69, 9.17) is 10.2 Å². The Kier molecular flexibility index (Phi) is 9.18. The summed E-state index contributed by atoms with van der Waals surface area (Å²) in [5.74, 6) is -0.712.